The van der Waals surface area contributed by atoms with Gasteiger partial charge >= 0.3 is 29.6 Å². The Labute approximate surface area is 214 Å². The maximum absolute atomic E-state index is 11.9. The van der Waals surface area contributed by atoms with Gasteiger partial charge in [-0.1, -0.05) is 73.6 Å². The standard InChI is InChI=1S/C11H18N2O3.C11H23NOS.Na/c1-4-6-7(3)11(5-2)8(14)12-10(16)13-9(11)15;1-6-14-11(13)12(7-9(2)3)8-10(4)5;/h7H,4-6H2,1-3H3,(H2,12,13,14,15,16);9-10H,6-8H2,1-5H3;/q;;+1/p-1. The molecule has 7 nitrogen and oxygen atoms in total. The van der Waals surface area contributed by atoms with Gasteiger partial charge in [0.25, 0.3) is 11.1 Å². The first-order chi connectivity index (χ1) is 14.0. The van der Waals surface area contributed by atoms with Crippen LogP contribution in [0.15, 0.2) is 4.99 Å². The molecule has 9 heteroatoms. The van der Waals surface area contributed by atoms with Gasteiger partial charge in [0, 0.05) is 13.1 Å². The average molecular weight is 466 g/mol. The van der Waals surface area contributed by atoms with Crippen LogP contribution in [0.4, 0.5) is 4.79 Å². The van der Waals surface area contributed by atoms with Gasteiger partial charge in [-0.3, -0.25) is 14.4 Å². The van der Waals surface area contributed by atoms with Gasteiger partial charge in [-0.15, -0.1) is 0 Å². The van der Waals surface area contributed by atoms with Crippen LogP contribution in [0.1, 0.15) is 74.7 Å². The number of carbonyl (C=O) groups excluding carboxylic acids is 3. The molecular weight excluding hydrogens is 425 g/mol. The van der Waals surface area contributed by atoms with E-state index in [-0.39, 0.29) is 40.7 Å². The van der Waals surface area contributed by atoms with Gasteiger partial charge in [-0.25, -0.2) is 4.99 Å². The molecule has 174 valence electrons. The Hall–Kier alpha value is -0.570. The zero-order chi connectivity index (χ0) is 23.5. The molecule has 31 heavy (non-hydrogen) atoms. The van der Waals surface area contributed by atoms with Crippen molar-refractivity contribution in [2.45, 2.75) is 74.7 Å². The normalized spacial score (nSPS) is 19.1. The topological polar surface area (TPSA) is 102 Å². The van der Waals surface area contributed by atoms with Gasteiger partial charge in [0.05, 0.1) is 6.02 Å². The number of amides is 3. The molecule has 1 rings (SSSR count). The quantitative estimate of drug-likeness (QED) is 0.398. The van der Waals surface area contributed by atoms with E-state index in [0.717, 1.165) is 31.7 Å². The van der Waals surface area contributed by atoms with Gasteiger partial charge in [0.1, 0.15) is 5.41 Å². The molecule has 0 aromatic rings. The van der Waals surface area contributed by atoms with Crippen LogP contribution in [0.5, 0.6) is 0 Å². The van der Waals surface area contributed by atoms with Crippen molar-refractivity contribution < 1.29 is 49.0 Å². The third kappa shape index (κ3) is 10.3. The summed E-state index contributed by atoms with van der Waals surface area (Å²) in [5.74, 6) is 0.772. The first kappa shape index (κ1) is 32.6. The Kier molecular flexibility index (Phi) is 16.9. The SMILES string of the molecule is CCCC(C)C1(CC)C(=O)N=C([O-])NC1=O.CCSC(=O)N(CC(C)C)CC(C)C.[Na+]. The molecule has 2 unspecified atom stereocenters. The molecule has 2 atom stereocenters. The zero-order valence-electron chi connectivity index (χ0n) is 20.9. The second-order valence-electron chi connectivity index (χ2n) is 8.58. The predicted octanol–water partition coefficient (Wildman–Crippen LogP) is 0.669. The minimum Gasteiger partial charge on any atom is -0.846 e. The van der Waals surface area contributed by atoms with E-state index in [0.29, 0.717) is 18.3 Å². The number of hydrogen-bond donors (Lipinski definition) is 1. The molecule has 1 heterocycles. The molecule has 0 saturated carbocycles. The fourth-order valence-electron chi connectivity index (χ4n) is 3.62. The Morgan fingerprint density at radius 2 is 1.61 bits per heavy atom. The smallest absolute Gasteiger partial charge is 0.846 e. The second kappa shape index (κ2) is 16.1. The summed E-state index contributed by atoms with van der Waals surface area (Å²) in [6.45, 7) is 18.0. The number of nitrogens with zero attached hydrogens (tertiary/aromatic N) is 2. The van der Waals surface area contributed by atoms with E-state index >= 15 is 0 Å². The number of nitrogens with one attached hydrogen (secondary N) is 1. The summed E-state index contributed by atoms with van der Waals surface area (Å²) in [6, 6.07) is -0.845. The van der Waals surface area contributed by atoms with Crippen LogP contribution in [0.3, 0.4) is 0 Å². The molecule has 0 aromatic heterocycles. The molecule has 1 N–H and O–H groups in total. The summed E-state index contributed by atoms with van der Waals surface area (Å²) in [5, 5.41) is 13.3. The van der Waals surface area contributed by atoms with E-state index in [9.17, 15) is 19.5 Å². The van der Waals surface area contributed by atoms with Gasteiger partial charge in [-0.2, -0.15) is 0 Å². The average Bonchev–Trinajstić information content (AvgIpc) is 2.61. The van der Waals surface area contributed by atoms with Gasteiger partial charge < -0.3 is 15.3 Å². The van der Waals surface area contributed by atoms with Crippen molar-refractivity contribution in [2.75, 3.05) is 18.8 Å². The van der Waals surface area contributed by atoms with Crippen LogP contribution in [-0.2, 0) is 9.59 Å². The summed E-state index contributed by atoms with van der Waals surface area (Å²) < 4.78 is 0. The van der Waals surface area contributed by atoms with Crippen LogP contribution < -0.4 is 40.0 Å². The van der Waals surface area contributed by atoms with Crippen molar-refractivity contribution in [2.24, 2.45) is 28.2 Å². The fraction of sp³-hybridized carbons (Fsp3) is 0.818. The molecule has 1 aliphatic rings. The number of carbonyl (C=O) groups is 3. The van der Waals surface area contributed by atoms with Crippen molar-refractivity contribution in [3.05, 3.63) is 0 Å². The predicted molar refractivity (Wildman–Crippen MR) is 122 cm³/mol. The third-order valence-corrected chi connectivity index (χ3v) is 5.82. The van der Waals surface area contributed by atoms with Crippen molar-refractivity contribution in [3.63, 3.8) is 0 Å². The van der Waals surface area contributed by atoms with Gasteiger partial charge in [0.2, 0.25) is 5.91 Å². The fourth-order valence-corrected chi connectivity index (χ4v) is 4.20. The molecule has 0 radical (unpaired) electrons. The number of rotatable bonds is 9. The van der Waals surface area contributed by atoms with Crippen LogP contribution in [0.2, 0.25) is 0 Å². The first-order valence-corrected chi connectivity index (χ1v) is 12.0. The molecule has 0 aromatic carbocycles. The molecule has 3 amide bonds. The Balaban J connectivity index is 0. The van der Waals surface area contributed by atoms with E-state index in [4.69, 9.17) is 0 Å². The first-order valence-electron chi connectivity index (χ1n) is 11.0. The number of aliphatic imine (C=N–C) groups is 1. The van der Waals surface area contributed by atoms with E-state index < -0.39 is 23.3 Å². The molecular formula is C22H40N3NaO4S. The zero-order valence-corrected chi connectivity index (χ0v) is 23.7. The monoisotopic (exact) mass is 465 g/mol. The van der Waals surface area contributed by atoms with Crippen molar-refractivity contribution in [1.29, 1.82) is 0 Å². The van der Waals surface area contributed by atoms with E-state index in [2.05, 4.69) is 38.0 Å². The van der Waals surface area contributed by atoms with Crippen LogP contribution in [-0.4, -0.2) is 46.8 Å². The van der Waals surface area contributed by atoms with Crippen molar-refractivity contribution in [3.8, 4) is 0 Å². The van der Waals surface area contributed by atoms with Crippen LogP contribution in [0.25, 0.3) is 0 Å². The summed E-state index contributed by atoms with van der Waals surface area (Å²) >= 11 is 1.41. The minimum atomic E-state index is -1.15. The summed E-state index contributed by atoms with van der Waals surface area (Å²) in [5.41, 5.74) is -1.15. The molecule has 0 bridgehead atoms. The van der Waals surface area contributed by atoms with E-state index in [1.807, 2.05) is 25.7 Å². The minimum absolute atomic E-state index is 0. The molecule has 0 fully saturated rings. The molecule has 0 saturated heterocycles. The maximum atomic E-state index is 11.9. The Morgan fingerprint density at radius 1 is 1.10 bits per heavy atom. The molecule has 0 aliphatic carbocycles. The van der Waals surface area contributed by atoms with Crippen molar-refractivity contribution in [1.82, 2.24) is 10.2 Å². The molecule has 0 spiro atoms. The van der Waals surface area contributed by atoms with Crippen molar-refractivity contribution >= 4 is 34.8 Å². The second-order valence-corrected chi connectivity index (χ2v) is 9.80. The number of amidine groups is 1. The van der Waals surface area contributed by atoms with E-state index in [1.165, 1.54) is 11.8 Å². The number of hydrogen-bond acceptors (Lipinski definition) is 5. The van der Waals surface area contributed by atoms with Crippen LogP contribution >= 0.6 is 11.8 Å². The maximum Gasteiger partial charge on any atom is 1.00 e. The molecule has 1 aliphatic heterocycles. The van der Waals surface area contributed by atoms with Gasteiger partial charge in [0.15, 0.2) is 0 Å². The van der Waals surface area contributed by atoms with E-state index in [1.54, 1.807) is 6.92 Å². The Morgan fingerprint density at radius 3 is 1.97 bits per heavy atom. The summed E-state index contributed by atoms with van der Waals surface area (Å²) in [6.07, 6.45) is 2.02. The number of thioether (sulfide) groups is 1. The summed E-state index contributed by atoms with van der Waals surface area (Å²) in [4.78, 5) is 40.7. The van der Waals surface area contributed by atoms with Gasteiger partial charge in [-0.05, 0) is 36.3 Å². The summed E-state index contributed by atoms with van der Waals surface area (Å²) in [7, 11) is 0. The largest absolute Gasteiger partial charge is 1.00 e. The third-order valence-electron chi connectivity index (χ3n) is 5.03. The Bertz CT molecular complexity index is 604. The van der Waals surface area contributed by atoms with Crippen LogP contribution in [0, 0.1) is 23.2 Å².